The van der Waals surface area contributed by atoms with Gasteiger partial charge < -0.3 is 0 Å². The summed E-state index contributed by atoms with van der Waals surface area (Å²) in [5.74, 6) is 1.85. The number of fused-ring (bicyclic) bond motifs is 1. The number of hydrogen-bond donors (Lipinski definition) is 0. The van der Waals surface area contributed by atoms with E-state index in [1.54, 1.807) is 34.9 Å². The summed E-state index contributed by atoms with van der Waals surface area (Å²) in [6.07, 6.45) is 0. The van der Waals surface area contributed by atoms with Gasteiger partial charge in [0.1, 0.15) is 0 Å². The average molecular weight is 381 g/mol. The number of rotatable bonds is 6. The molecule has 0 spiro atoms. The van der Waals surface area contributed by atoms with Crippen LogP contribution in [0.25, 0.3) is 10.8 Å². The molecule has 0 amide bonds. The molecular formula is C20H16N2S3. The summed E-state index contributed by atoms with van der Waals surface area (Å²) < 4.78 is 2.06. The van der Waals surface area contributed by atoms with Gasteiger partial charge in [0, 0.05) is 11.5 Å². The minimum atomic E-state index is 0.916. The molecule has 0 aliphatic heterocycles. The third-order valence-corrected chi connectivity index (χ3v) is 7.13. The summed E-state index contributed by atoms with van der Waals surface area (Å²) in [5, 5.41) is 11.3. The topological polar surface area (TPSA) is 25.8 Å². The van der Waals surface area contributed by atoms with Gasteiger partial charge in [0.15, 0.2) is 8.68 Å². The lowest BCUT2D eigenvalue weighted by Crippen LogP contribution is -1.83. The maximum atomic E-state index is 4.33. The minimum absolute atomic E-state index is 0.916. The van der Waals surface area contributed by atoms with Gasteiger partial charge in [-0.3, -0.25) is 0 Å². The van der Waals surface area contributed by atoms with Crippen molar-refractivity contribution >= 4 is 45.6 Å². The van der Waals surface area contributed by atoms with Crippen LogP contribution in [0.15, 0.2) is 81.5 Å². The van der Waals surface area contributed by atoms with E-state index < -0.39 is 0 Å². The van der Waals surface area contributed by atoms with Crippen molar-refractivity contribution in [1.29, 1.82) is 0 Å². The first-order valence-electron chi connectivity index (χ1n) is 7.98. The lowest BCUT2D eigenvalue weighted by molar-refractivity contribution is 0.954. The van der Waals surface area contributed by atoms with Crippen LogP contribution in [0.1, 0.15) is 11.1 Å². The van der Waals surface area contributed by atoms with Crippen LogP contribution in [0.5, 0.6) is 0 Å². The van der Waals surface area contributed by atoms with Crippen LogP contribution in [0.4, 0.5) is 0 Å². The Kier molecular flexibility index (Phi) is 5.35. The van der Waals surface area contributed by atoms with Crippen LogP contribution in [0.2, 0.25) is 0 Å². The molecule has 0 atom stereocenters. The largest absolute Gasteiger partial charge is 0.175 e. The maximum Gasteiger partial charge on any atom is 0.175 e. The molecule has 0 aliphatic carbocycles. The molecule has 0 fully saturated rings. The highest BCUT2D eigenvalue weighted by atomic mass is 32.2. The first-order chi connectivity index (χ1) is 12.4. The van der Waals surface area contributed by atoms with Gasteiger partial charge in [-0.15, -0.1) is 10.2 Å². The molecule has 2 nitrogen and oxygen atoms in total. The molecule has 1 aromatic heterocycles. The van der Waals surface area contributed by atoms with Crippen LogP contribution < -0.4 is 0 Å². The molecule has 5 heteroatoms. The van der Waals surface area contributed by atoms with Crippen molar-refractivity contribution in [2.75, 3.05) is 0 Å². The second-order valence-corrected chi connectivity index (χ2v) is 8.96. The number of thioether (sulfide) groups is 2. The van der Waals surface area contributed by atoms with E-state index in [2.05, 4.69) is 76.9 Å². The normalized spacial score (nSPS) is 11.0. The Balaban J connectivity index is 1.39. The van der Waals surface area contributed by atoms with Gasteiger partial charge in [-0.25, -0.2) is 0 Å². The maximum absolute atomic E-state index is 4.33. The zero-order valence-corrected chi connectivity index (χ0v) is 15.9. The van der Waals surface area contributed by atoms with Gasteiger partial charge in [0.2, 0.25) is 0 Å². The van der Waals surface area contributed by atoms with Crippen molar-refractivity contribution in [2.24, 2.45) is 0 Å². The Morgan fingerprint density at radius 1 is 0.680 bits per heavy atom. The first-order valence-corrected chi connectivity index (χ1v) is 10.8. The Morgan fingerprint density at radius 2 is 1.36 bits per heavy atom. The minimum Gasteiger partial charge on any atom is -0.131 e. The molecule has 0 N–H and O–H groups in total. The molecule has 0 radical (unpaired) electrons. The monoisotopic (exact) mass is 380 g/mol. The molecule has 4 rings (SSSR count). The lowest BCUT2D eigenvalue weighted by Gasteiger charge is -2.04. The predicted molar refractivity (Wildman–Crippen MR) is 109 cm³/mol. The lowest BCUT2D eigenvalue weighted by atomic mass is 10.1. The SMILES string of the molecule is c1ccc(CSc2nnc(SCc3cccc4ccccc34)s2)cc1. The Bertz CT molecular complexity index is 962. The number of benzene rings is 3. The van der Waals surface area contributed by atoms with Crippen LogP contribution in [-0.4, -0.2) is 10.2 Å². The van der Waals surface area contributed by atoms with E-state index in [4.69, 9.17) is 0 Å². The highest BCUT2D eigenvalue weighted by Crippen LogP contribution is 2.33. The summed E-state index contributed by atoms with van der Waals surface area (Å²) in [6, 6.07) is 25.5. The van der Waals surface area contributed by atoms with E-state index in [9.17, 15) is 0 Å². The fraction of sp³-hybridized carbons (Fsp3) is 0.100. The summed E-state index contributed by atoms with van der Waals surface area (Å²) >= 11 is 5.19. The summed E-state index contributed by atoms with van der Waals surface area (Å²) in [5.41, 5.74) is 2.66. The molecule has 0 bridgehead atoms. The van der Waals surface area contributed by atoms with Crippen molar-refractivity contribution in [3.05, 3.63) is 83.9 Å². The second kappa shape index (κ2) is 8.04. The fourth-order valence-electron chi connectivity index (χ4n) is 2.59. The first kappa shape index (κ1) is 16.6. The molecule has 0 saturated heterocycles. The highest BCUT2D eigenvalue weighted by Gasteiger charge is 2.07. The Labute approximate surface area is 159 Å². The van der Waals surface area contributed by atoms with Gasteiger partial charge in [0.25, 0.3) is 0 Å². The molecule has 0 saturated carbocycles. The highest BCUT2D eigenvalue weighted by molar-refractivity contribution is 8.02. The van der Waals surface area contributed by atoms with E-state index in [0.717, 1.165) is 20.2 Å². The van der Waals surface area contributed by atoms with E-state index >= 15 is 0 Å². The van der Waals surface area contributed by atoms with Crippen LogP contribution in [0, 0.1) is 0 Å². The number of nitrogens with zero attached hydrogens (tertiary/aromatic N) is 2. The van der Waals surface area contributed by atoms with Crippen molar-refractivity contribution < 1.29 is 0 Å². The third kappa shape index (κ3) is 4.24. The summed E-state index contributed by atoms with van der Waals surface area (Å²) in [4.78, 5) is 0. The van der Waals surface area contributed by atoms with Crippen molar-refractivity contribution in [2.45, 2.75) is 20.2 Å². The standard InChI is InChI=1S/C20H16N2S3/c1-2-7-15(8-3-1)13-23-19-21-22-20(25-19)24-14-17-11-6-10-16-9-4-5-12-18(16)17/h1-12H,13-14H2. The van der Waals surface area contributed by atoms with E-state index in [1.807, 2.05) is 6.07 Å². The van der Waals surface area contributed by atoms with Gasteiger partial charge >= 0.3 is 0 Å². The van der Waals surface area contributed by atoms with E-state index in [1.165, 1.54) is 21.9 Å². The van der Waals surface area contributed by atoms with E-state index in [-0.39, 0.29) is 0 Å². The number of aromatic nitrogens is 2. The molecule has 25 heavy (non-hydrogen) atoms. The van der Waals surface area contributed by atoms with E-state index in [0.29, 0.717) is 0 Å². The van der Waals surface area contributed by atoms with Crippen LogP contribution in [0.3, 0.4) is 0 Å². The molecule has 4 aromatic rings. The van der Waals surface area contributed by atoms with Crippen molar-refractivity contribution in [3.8, 4) is 0 Å². The van der Waals surface area contributed by atoms with Gasteiger partial charge in [-0.05, 0) is 21.9 Å². The quantitative estimate of drug-likeness (QED) is 0.368. The van der Waals surface area contributed by atoms with Crippen molar-refractivity contribution in [3.63, 3.8) is 0 Å². The molecule has 3 aromatic carbocycles. The molecule has 0 unspecified atom stereocenters. The fourth-order valence-corrected chi connectivity index (χ4v) is 5.57. The van der Waals surface area contributed by atoms with Crippen molar-refractivity contribution in [1.82, 2.24) is 10.2 Å². The van der Waals surface area contributed by atoms with Gasteiger partial charge in [0.05, 0.1) is 0 Å². The van der Waals surface area contributed by atoms with Gasteiger partial charge in [-0.2, -0.15) is 0 Å². The predicted octanol–water partition coefficient (Wildman–Crippen LogP) is 6.28. The Hall–Kier alpha value is -1.82. The summed E-state index contributed by atoms with van der Waals surface area (Å²) in [6.45, 7) is 0. The third-order valence-electron chi connectivity index (χ3n) is 3.82. The molecule has 0 aliphatic rings. The Morgan fingerprint density at radius 3 is 2.20 bits per heavy atom. The molecular weight excluding hydrogens is 364 g/mol. The zero-order chi connectivity index (χ0) is 16.9. The number of hydrogen-bond acceptors (Lipinski definition) is 5. The van der Waals surface area contributed by atoms with Crippen LogP contribution >= 0.6 is 34.9 Å². The smallest absolute Gasteiger partial charge is 0.131 e. The van der Waals surface area contributed by atoms with Crippen LogP contribution in [-0.2, 0) is 11.5 Å². The van der Waals surface area contributed by atoms with Gasteiger partial charge in [-0.1, -0.05) is 108 Å². The molecule has 124 valence electrons. The zero-order valence-electron chi connectivity index (χ0n) is 13.5. The molecule has 1 heterocycles. The second-order valence-electron chi connectivity index (χ2n) is 5.54. The summed E-state index contributed by atoms with van der Waals surface area (Å²) in [7, 11) is 0. The average Bonchev–Trinajstić information content (AvgIpc) is 3.13.